The maximum absolute atomic E-state index is 6.27. The highest BCUT2D eigenvalue weighted by Crippen LogP contribution is 2.24. The summed E-state index contributed by atoms with van der Waals surface area (Å²) in [5.74, 6) is 0.490. The molecule has 0 amide bonds. The first-order valence-corrected chi connectivity index (χ1v) is 6.74. The van der Waals surface area contributed by atoms with E-state index < -0.39 is 0 Å². The first-order valence-electron chi connectivity index (χ1n) is 6.74. The van der Waals surface area contributed by atoms with Crippen LogP contribution in [0.2, 0.25) is 0 Å². The van der Waals surface area contributed by atoms with Crippen molar-refractivity contribution in [2.45, 2.75) is 26.7 Å². The van der Waals surface area contributed by atoms with Crippen LogP contribution in [0.15, 0.2) is 53.3 Å². The number of hydrogen-bond donors (Lipinski definition) is 4. The van der Waals surface area contributed by atoms with Crippen LogP contribution in [0.3, 0.4) is 0 Å². The molecule has 0 fully saturated rings. The zero-order chi connectivity index (χ0) is 14.7. The average molecular weight is 270 g/mol. The van der Waals surface area contributed by atoms with Crippen molar-refractivity contribution in [3.63, 3.8) is 0 Å². The SMILES string of the molecule is C/C1=C(N)\C(c2ccc(C)cc2)=C\CC/C(N)=C(/N)N1. The van der Waals surface area contributed by atoms with Crippen LogP contribution in [0.25, 0.3) is 5.57 Å². The van der Waals surface area contributed by atoms with E-state index in [-0.39, 0.29) is 0 Å². The Balaban J connectivity index is 2.44. The van der Waals surface area contributed by atoms with E-state index in [9.17, 15) is 0 Å². The third kappa shape index (κ3) is 2.96. The van der Waals surface area contributed by atoms with Crippen LogP contribution in [0, 0.1) is 6.92 Å². The van der Waals surface area contributed by atoms with Crippen LogP contribution in [0.1, 0.15) is 30.9 Å². The standard InChI is InChI=1S/C16H22N4/c1-10-6-8-12(9-7-10)13-4-3-5-14(17)16(19)20-11(2)15(13)18/h4,6-9,20H,3,5,17-19H2,1-2H3/b13-4+,15-11-,16-14+. The van der Waals surface area contributed by atoms with Gasteiger partial charge in [0.1, 0.15) is 5.82 Å². The lowest BCUT2D eigenvalue weighted by molar-refractivity contribution is 0.855. The van der Waals surface area contributed by atoms with E-state index >= 15 is 0 Å². The van der Waals surface area contributed by atoms with Crippen LogP contribution in [0.5, 0.6) is 0 Å². The number of aryl methyl sites for hydroxylation is 1. The number of benzene rings is 1. The number of nitrogens with one attached hydrogen (secondary N) is 1. The fraction of sp³-hybridized carbons (Fsp3) is 0.250. The maximum atomic E-state index is 6.27. The van der Waals surface area contributed by atoms with Crippen LogP contribution in [-0.2, 0) is 0 Å². The van der Waals surface area contributed by atoms with Crippen molar-refractivity contribution in [3.8, 4) is 0 Å². The molecule has 1 aromatic rings. The zero-order valence-electron chi connectivity index (χ0n) is 12.0. The first kappa shape index (κ1) is 14.1. The lowest BCUT2D eigenvalue weighted by Gasteiger charge is -2.14. The van der Waals surface area contributed by atoms with E-state index in [2.05, 4.69) is 42.6 Å². The minimum Gasteiger partial charge on any atom is -0.399 e. The average Bonchev–Trinajstić information content (AvgIpc) is 2.47. The second-order valence-corrected chi connectivity index (χ2v) is 5.13. The predicted molar refractivity (Wildman–Crippen MR) is 83.8 cm³/mol. The number of hydrogen-bond acceptors (Lipinski definition) is 4. The molecule has 2 rings (SSSR count). The molecule has 0 unspecified atom stereocenters. The topological polar surface area (TPSA) is 90.1 Å². The van der Waals surface area contributed by atoms with Gasteiger partial charge >= 0.3 is 0 Å². The molecule has 1 heterocycles. The smallest absolute Gasteiger partial charge is 0.120 e. The molecule has 20 heavy (non-hydrogen) atoms. The van der Waals surface area contributed by atoms with Crippen LogP contribution >= 0.6 is 0 Å². The maximum Gasteiger partial charge on any atom is 0.120 e. The van der Waals surface area contributed by atoms with Crippen LogP contribution in [-0.4, -0.2) is 0 Å². The van der Waals surface area contributed by atoms with Crippen LogP contribution < -0.4 is 22.5 Å². The molecule has 0 saturated carbocycles. The molecule has 1 aliphatic heterocycles. The summed E-state index contributed by atoms with van der Waals surface area (Å²) in [6, 6.07) is 8.33. The molecule has 0 radical (unpaired) electrons. The van der Waals surface area contributed by atoms with Crippen LogP contribution in [0.4, 0.5) is 0 Å². The Labute approximate surface area is 120 Å². The molecule has 0 saturated heterocycles. The molecule has 0 atom stereocenters. The molecule has 0 aromatic heterocycles. The summed E-state index contributed by atoms with van der Waals surface area (Å²) in [6.07, 6.45) is 3.65. The zero-order valence-corrected chi connectivity index (χ0v) is 12.0. The molecule has 4 nitrogen and oxygen atoms in total. The van der Waals surface area contributed by atoms with E-state index in [1.807, 2.05) is 6.92 Å². The van der Waals surface area contributed by atoms with Crippen molar-refractivity contribution in [1.29, 1.82) is 0 Å². The quantitative estimate of drug-likeness (QED) is 0.628. The first-order chi connectivity index (χ1) is 9.49. The Morgan fingerprint density at radius 1 is 1.00 bits per heavy atom. The van der Waals surface area contributed by atoms with Gasteiger partial charge < -0.3 is 22.5 Å². The largest absolute Gasteiger partial charge is 0.399 e. The molecule has 0 bridgehead atoms. The summed E-state index contributed by atoms with van der Waals surface area (Å²) in [6.45, 7) is 3.97. The molecule has 1 aromatic carbocycles. The fourth-order valence-corrected chi connectivity index (χ4v) is 2.17. The normalized spacial score (nSPS) is 26.8. The van der Waals surface area contributed by atoms with Gasteiger partial charge in [-0.15, -0.1) is 0 Å². The minimum atomic E-state index is 0.490. The second-order valence-electron chi connectivity index (χ2n) is 5.13. The number of allylic oxidation sites excluding steroid dienone is 4. The molecule has 106 valence electrons. The van der Waals surface area contributed by atoms with Crippen molar-refractivity contribution in [1.82, 2.24) is 5.32 Å². The molecule has 4 heteroatoms. The van der Waals surface area contributed by atoms with E-state index in [1.165, 1.54) is 5.56 Å². The van der Waals surface area contributed by atoms with Gasteiger partial charge in [0.05, 0.1) is 5.70 Å². The highest BCUT2D eigenvalue weighted by molar-refractivity contribution is 5.79. The molecule has 7 N–H and O–H groups in total. The van der Waals surface area contributed by atoms with E-state index in [4.69, 9.17) is 17.2 Å². The van der Waals surface area contributed by atoms with Crippen molar-refractivity contribution in [2.24, 2.45) is 17.2 Å². The summed E-state index contributed by atoms with van der Waals surface area (Å²) in [7, 11) is 0. The van der Waals surface area contributed by atoms with Gasteiger partial charge in [-0.25, -0.2) is 0 Å². The van der Waals surface area contributed by atoms with Gasteiger partial charge in [0.25, 0.3) is 0 Å². The van der Waals surface area contributed by atoms with Gasteiger partial charge in [0.15, 0.2) is 0 Å². The van der Waals surface area contributed by atoms with Crippen molar-refractivity contribution in [2.75, 3.05) is 0 Å². The summed E-state index contributed by atoms with van der Waals surface area (Å²) in [5.41, 5.74) is 23.6. The molecular formula is C16H22N4. The number of nitrogens with two attached hydrogens (primary N) is 3. The third-order valence-electron chi connectivity index (χ3n) is 3.49. The summed E-state index contributed by atoms with van der Waals surface area (Å²) in [4.78, 5) is 0. The Hall–Kier alpha value is -2.36. The Morgan fingerprint density at radius 2 is 1.65 bits per heavy atom. The second kappa shape index (κ2) is 5.74. The van der Waals surface area contributed by atoms with E-state index in [1.54, 1.807) is 0 Å². The minimum absolute atomic E-state index is 0.490. The predicted octanol–water partition coefficient (Wildman–Crippen LogP) is 2.04. The number of rotatable bonds is 1. The molecule has 0 aliphatic carbocycles. The van der Waals surface area contributed by atoms with Gasteiger partial charge in [-0.05, 0) is 32.3 Å². The van der Waals surface area contributed by atoms with Gasteiger partial charge in [-0.3, -0.25) is 0 Å². The van der Waals surface area contributed by atoms with Crippen molar-refractivity contribution < 1.29 is 0 Å². The third-order valence-corrected chi connectivity index (χ3v) is 3.49. The highest BCUT2D eigenvalue weighted by atomic mass is 15.0. The van der Waals surface area contributed by atoms with Crippen molar-refractivity contribution in [3.05, 3.63) is 64.4 Å². The Morgan fingerprint density at radius 3 is 2.30 bits per heavy atom. The van der Waals surface area contributed by atoms with E-state index in [0.717, 1.165) is 29.7 Å². The van der Waals surface area contributed by atoms with E-state index in [0.29, 0.717) is 17.2 Å². The van der Waals surface area contributed by atoms with Gasteiger partial charge in [-0.1, -0.05) is 35.9 Å². The Kier molecular flexibility index (Phi) is 4.03. The Bertz CT molecular complexity index is 591. The molecular weight excluding hydrogens is 248 g/mol. The van der Waals surface area contributed by atoms with Gasteiger partial charge in [-0.2, -0.15) is 0 Å². The lowest BCUT2D eigenvalue weighted by atomic mass is 9.99. The highest BCUT2D eigenvalue weighted by Gasteiger charge is 2.11. The monoisotopic (exact) mass is 270 g/mol. The lowest BCUT2D eigenvalue weighted by Crippen LogP contribution is -2.25. The molecule has 1 aliphatic rings. The summed E-state index contributed by atoms with van der Waals surface area (Å²) in [5, 5.41) is 3.08. The summed E-state index contributed by atoms with van der Waals surface area (Å²) >= 11 is 0. The molecule has 0 spiro atoms. The summed E-state index contributed by atoms with van der Waals surface area (Å²) < 4.78 is 0. The van der Waals surface area contributed by atoms with Gasteiger partial charge in [0, 0.05) is 17.0 Å². The van der Waals surface area contributed by atoms with Gasteiger partial charge in [0.2, 0.25) is 0 Å². The van der Waals surface area contributed by atoms with Crippen molar-refractivity contribution >= 4 is 5.57 Å². The fourth-order valence-electron chi connectivity index (χ4n) is 2.17.